The molecule has 0 aliphatic heterocycles. The predicted octanol–water partition coefficient (Wildman–Crippen LogP) is 2.70. The lowest BCUT2D eigenvalue weighted by atomic mass is 9.97. The van der Waals surface area contributed by atoms with E-state index in [1.54, 1.807) is 12.1 Å². The second kappa shape index (κ2) is 7.20. The molecule has 0 saturated heterocycles. The molecule has 3 N–H and O–H groups in total. The van der Waals surface area contributed by atoms with Crippen LogP contribution in [0.25, 0.3) is 0 Å². The van der Waals surface area contributed by atoms with Crippen LogP contribution in [-0.2, 0) is 6.54 Å². The number of aliphatic hydroxyl groups excluding tert-OH is 1. The second-order valence-corrected chi connectivity index (χ2v) is 6.28. The molecule has 0 heterocycles. The van der Waals surface area contributed by atoms with Crippen molar-refractivity contribution >= 4 is 17.6 Å². The lowest BCUT2D eigenvalue weighted by Crippen LogP contribution is -2.53. The molecular formula is C16H23ClN2O3. The fraction of sp³-hybridized carbons (Fsp3) is 0.562. The summed E-state index contributed by atoms with van der Waals surface area (Å²) >= 11 is 5.96. The minimum atomic E-state index is -0.549. The molecule has 6 heteroatoms. The van der Waals surface area contributed by atoms with Gasteiger partial charge < -0.3 is 20.5 Å². The van der Waals surface area contributed by atoms with E-state index in [0.717, 1.165) is 18.4 Å². The average Bonchev–Trinajstić information content (AvgIpc) is 3.31. The van der Waals surface area contributed by atoms with Crippen LogP contribution < -0.4 is 15.4 Å². The number of hydrogen-bond donors (Lipinski definition) is 3. The van der Waals surface area contributed by atoms with Crippen molar-refractivity contribution in [3.63, 3.8) is 0 Å². The Bertz CT molecular complexity index is 534. The van der Waals surface area contributed by atoms with Crippen molar-refractivity contribution in [2.45, 2.75) is 38.8 Å². The largest absolute Gasteiger partial charge is 0.493 e. The highest BCUT2D eigenvalue weighted by molar-refractivity contribution is 6.30. The Morgan fingerprint density at radius 1 is 1.50 bits per heavy atom. The van der Waals surface area contributed by atoms with Crippen molar-refractivity contribution in [3.05, 3.63) is 28.8 Å². The number of hydrogen-bond acceptors (Lipinski definition) is 3. The summed E-state index contributed by atoms with van der Waals surface area (Å²) in [5.74, 6) is 1.03. The first-order valence-electron chi connectivity index (χ1n) is 7.56. The van der Waals surface area contributed by atoms with E-state index in [4.69, 9.17) is 16.3 Å². The van der Waals surface area contributed by atoms with E-state index >= 15 is 0 Å². The number of aliphatic hydroxyl groups is 1. The number of carbonyl (C=O) groups excluding carboxylic acids is 1. The Labute approximate surface area is 136 Å². The summed E-state index contributed by atoms with van der Waals surface area (Å²) in [5.41, 5.74) is 0.311. The molecule has 1 aliphatic rings. The van der Waals surface area contributed by atoms with E-state index < -0.39 is 5.54 Å². The minimum absolute atomic E-state index is 0.0593. The van der Waals surface area contributed by atoms with E-state index in [2.05, 4.69) is 10.6 Å². The monoisotopic (exact) mass is 326 g/mol. The third kappa shape index (κ3) is 4.27. The summed E-state index contributed by atoms with van der Waals surface area (Å²) in [4.78, 5) is 12.1. The molecule has 122 valence electrons. The maximum Gasteiger partial charge on any atom is 0.315 e. The van der Waals surface area contributed by atoms with Gasteiger partial charge in [0, 0.05) is 17.1 Å². The van der Waals surface area contributed by atoms with Gasteiger partial charge in [0.25, 0.3) is 0 Å². The van der Waals surface area contributed by atoms with Gasteiger partial charge in [-0.1, -0.05) is 17.7 Å². The topological polar surface area (TPSA) is 70.6 Å². The number of benzene rings is 1. The maximum atomic E-state index is 12.1. The molecule has 0 radical (unpaired) electrons. The van der Waals surface area contributed by atoms with Gasteiger partial charge in [0.1, 0.15) is 5.75 Å². The number of carbonyl (C=O) groups is 1. The molecule has 1 saturated carbocycles. The number of amides is 2. The van der Waals surface area contributed by atoms with Crippen LogP contribution in [0.5, 0.6) is 5.75 Å². The summed E-state index contributed by atoms with van der Waals surface area (Å²) in [5, 5.41) is 15.8. The van der Waals surface area contributed by atoms with Crippen molar-refractivity contribution in [1.82, 2.24) is 10.6 Å². The van der Waals surface area contributed by atoms with Crippen LogP contribution in [0.1, 0.15) is 32.3 Å². The molecule has 22 heavy (non-hydrogen) atoms. The molecule has 0 bridgehead atoms. The molecule has 0 aromatic heterocycles. The first kappa shape index (κ1) is 16.9. The molecule has 0 spiro atoms. The van der Waals surface area contributed by atoms with Gasteiger partial charge in [0.2, 0.25) is 0 Å². The van der Waals surface area contributed by atoms with Crippen molar-refractivity contribution in [2.75, 3.05) is 13.2 Å². The van der Waals surface area contributed by atoms with Gasteiger partial charge in [0.05, 0.1) is 18.8 Å². The fourth-order valence-electron chi connectivity index (χ4n) is 2.43. The van der Waals surface area contributed by atoms with Crippen LogP contribution in [0.2, 0.25) is 5.02 Å². The van der Waals surface area contributed by atoms with E-state index in [1.165, 1.54) is 0 Å². The first-order valence-corrected chi connectivity index (χ1v) is 7.94. The number of rotatable bonds is 7. The summed E-state index contributed by atoms with van der Waals surface area (Å²) in [6.45, 7) is 4.58. The number of urea groups is 1. The molecule has 2 amide bonds. The third-order valence-corrected chi connectivity index (χ3v) is 4.21. The van der Waals surface area contributed by atoms with E-state index in [9.17, 15) is 9.90 Å². The highest BCUT2D eigenvalue weighted by atomic mass is 35.5. The Balaban J connectivity index is 1.93. The molecular weight excluding hydrogens is 304 g/mol. The fourth-order valence-corrected chi connectivity index (χ4v) is 2.60. The standard InChI is InChI=1S/C16H23ClN2O3/c1-3-22-14-8-13(17)7-4-11(14)9-18-15(21)19-16(2,10-20)12-5-6-12/h4,7-8,12,20H,3,5-6,9-10H2,1-2H3,(H2,18,19,21). The predicted molar refractivity (Wildman–Crippen MR) is 86.2 cm³/mol. The Morgan fingerprint density at radius 3 is 2.82 bits per heavy atom. The van der Waals surface area contributed by atoms with Gasteiger partial charge >= 0.3 is 6.03 Å². The lowest BCUT2D eigenvalue weighted by molar-refractivity contribution is 0.155. The van der Waals surface area contributed by atoms with Crippen LogP contribution >= 0.6 is 11.6 Å². The lowest BCUT2D eigenvalue weighted by Gasteiger charge is -2.28. The third-order valence-electron chi connectivity index (χ3n) is 3.97. The minimum Gasteiger partial charge on any atom is -0.493 e. The number of ether oxygens (including phenoxy) is 1. The van der Waals surface area contributed by atoms with Gasteiger partial charge in [0.15, 0.2) is 0 Å². The van der Waals surface area contributed by atoms with Gasteiger partial charge in [-0.05, 0) is 44.7 Å². The van der Waals surface area contributed by atoms with Gasteiger partial charge in [-0.2, -0.15) is 0 Å². The summed E-state index contributed by atoms with van der Waals surface area (Å²) in [7, 11) is 0. The second-order valence-electron chi connectivity index (χ2n) is 5.84. The van der Waals surface area contributed by atoms with Crippen LogP contribution in [0.15, 0.2) is 18.2 Å². The first-order chi connectivity index (χ1) is 10.5. The van der Waals surface area contributed by atoms with E-state index in [-0.39, 0.29) is 12.6 Å². The zero-order valence-corrected chi connectivity index (χ0v) is 13.7. The van der Waals surface area contributed by atoms with E-state index in [1.807, 2.05) is 19.9 Å². The van der Waals surface area contributed by atoms with Gasteiger partial charge in [-0.3, -0.25) is 0 Å². The highest BCUT2D eigenvalue weighted by Crippen LogP contribution is 2.39. The zero-order valence-electron chi connectivity index (χ0n) is 13.0. The van der Waals surface area contributed by atoms with Crippen molar-refractivity contribution in [1.29, 1.82) is 0 Å². The Hall–Kier alpha value is -1.46. The molecule has 5 nitrogen and oxygen atoms in total. The average molecular weight is 327 g/mol. The zero-order chi connectivity index (χ0) is 16.2. The quantitative estimate of drug-likeness (QED) is 0.721. The smallest absolute Gasteiger partial charge is 0.315 e. The molecule has 1 aliphatic carbocycles. The molecule has 2 rings (SSSR count). The molecule has 1 aromatic rings. The normalized spacial score (nSPS) is 16.7. The summed E-state index contributed by atoms with van der Waals surface area (Å²) < 4.78 is 5.52. The van der Waals surface area contributed by atoms with Crippen LogP contribution in [0.4, 0.5) is 4.79 Å². The van der Waals surface area contributed by atoms with Crippen molar-refractivity contribution in [3.8, 4) is 5.75 Å². The van der Waals surface area contributed by atoms with Crippen molar-refractivity contribution in [2.24, 2.45) is 5.92 Å². The Morgan fingerprint density at radius 2 is 2.23 bits per heavy atom. The Kier molecular flexibility index (Phi) is 5.53. The van der Waals surface area contributed by atoms with Crippen molar-refractivity contribution < 1.29 is 14.6 Å². The number of nitrogens with one attached hydrogen (secondary N) is 2. The van der Waals surface area contributed by atoms with Gasteiger partial charge in [-0.15, -0.1) is 0 Å². The van der Waals surface area contributed by atoms with Crippen LogP contribution in [-0.4, -0.2) is 29.9 Å². The van der Waals surface area contributed by atoms with E-state index in [0.29, 0.717) is 29.8 Å². The molecule has 1 aromatic carbocycles. The van der Waals surface area contributed by atoms with Gasteiger partial charge in [-0.25, -0.2) is 4.79 Å². The van der Waals surface area contributed by atoms with Crippen LogP contribution in [0.3, 0.4) is 0 Å². The molecule has 1 unspecified atom stereocenters. The van der Waals surface area contributed by atoms with Crippen LogP contribution in [0, 0.1) is 5.92 Å². The summed E-state index contributed by atoms with van der Waals surface area (Å²) in [6.07, 6.45) is 2.09. The highest BCUT2D eigenvalue weighted by Gasteiger charge is 2.42. The maximum absolute atomic E-state index is 12.1. The number of halogens is 1. The molecule has 1 fully saturated rings. The SMILES string of the molecule is CCOc1cc(Cl)ccc1CNC(=O)NC(C)(CO)C1CC1. The summed E-state index contributed by atoms with van der Waals surface area (Å²) in [6, 6.07) is 5.05. The molecule has 1 atom stereocenters.